The van der Waals surface area contributed by atoms with Gasteiger partial charge in [0.15, 0.2) is 0 Å². The van der Waals surface area contributed by atoms with Gasteiger partial charge in [0.1, 0.15) is 5.82 Å². The maximum Gasteiger partial charge on any atom is 0.320 e. The van der Waals surface area contributed by atoms with Crippen molar-refractivity contribution in [3.8, 4) is 0 Å². The summed E-state index contributed by atoms with van der Waals surface area (Å²) in [6, 6.07) is 14.8. The van der Waals surface area contributed by atoms with Crippen LogP contribution in [-0.2, 0) is 0 Å². The summed E-state index contributed by atoms with van der Waals surface area (Å²) in [7, 11) is 0. The molecule has 132 valence electrons. The summed E-state index contributed by atoms with van der Waals surface area (Å²) in [6.07, 6.45) is 3.61. The van der Waals surface area contributed by atoms with Crippen molar-refractivity contribution in [2.75, 3.05) is 18.4 Å². The highest BCUT2D eigenvalue weighted by Gasteiger charge is 2.24. The third-order valence-electron chi connectivity index (χ3n) is 4.94. The normalized spacial score (nSPS) is 17.0. The van der Waals surface area contributed by atoms with Crippen molar-refractivity contribution in [1.29, 1.82) is 0 Å². The predicted octanol–water partition coefficient (Wildman–Crippen LogP) is 3.74. The van der Waals surface area contributed by atoms with Crippen LogP contribution in [0.25, 0.3) is 0 Å². The van der Waals surface area contributed by atoms with E-state index in [4.69, 9.17) is 0 Å². The summed E-state index contributed by atoms with van der Waals surface area (Å²) in [4.78, 5) is 18.9. The van der Waals surface area contributed by atoms with Crippen LogP contribution in [0.3, 0.4) is 0 Å². The van der Waals surface area contributed by atoms with E-state index in [1.54, 1.807) is 6.20 Å². The van der Waals surface area contributed by atoms with E-state index >= 15 is 0 Å². The average molecular weight is 338 g/mol. The van der Waals surface area contributed by atoms with Crippen molar-refractivity contribution < 1.29 is 4.79 Å². The molecule has 1 unspecified atom stereocenters. The van der Waals surface area contributed by atoms with E-state index in [0.717, 1.165) is 31.5 Å². The number of carbonyl (C=O) groups is 1. The number of carbonyl (C=O) groups excluding carboxylic acids is 1. The van der Waals surface area contributed by atoms with E-state index in [1.165, 1.54) is 5.56 Å². The molecule has 3 rings (SSSR count). The number of nitrogens with one attached hydrogen (secondary N) is 2. The van der Waals surface area contributed by atoms with Crippen LogP contribution >= 0.6 is 0 Å². The number of amides is 2. The van der Waals surface area contributed by atoms with Crippen LogP contribution in [0, 0.1) is 6.92 Å². The molecule has 0 aliphatic carbocycles. The van der Waals surface area contributed by atoms with E-state index in [9.17, 15) is 4.79 Å². The lowest BCUT2D eigenvalue weighted by atomic mass is 10.0. The Morgan fingerprint density at radius 2 is 1.88 bits per heavy atom. The Balaban J connectivity index is 1.48. The number of nitrogens with zero attached hydrogens (tertiary/aromatic N) is 2. The van der Waals surface area contributed by atoms with Crippen molar-refractivity contribution in [2.24, 2.45) is 0 Å². The first-order chi connectivity index (χ1) is 12.1. The van der Waals surface area contributed by atoms with Crippen molar-refractivity contribution in [3.63, 3.8) is 0 Å². The van der Waals surface area contributed by atoms with Gasteiger partial charge in [-0.3, -0.25) is 10.2 Å². The van der Waals surface area contributed by atoms with Crippen molar-refractivity contribution in [1.82, 2.24) is 15.2 Å². The molecule has 0 spiro atoms. The van der Waals surface area contributed by atoms with Gasteiger partial charge in [0, 0.05) is 31.4 Å². The number of piperidine rings is 1. The lowest BCUT2D eigenvalue weighted by Gasteiger charge is -2.36. The Morgan fingerprint density at radius 3 is 2.56 bits per heavy atom. The van der Waals surface area contributed by atoms with E-state index in [-0.39, 0.29) is 12.1 Å². The average Bonchev–Trinajstić information content (AvgIpc) is 2.64. The van der Waals surface area contributed by atoms with Gasteiger partial charge in [0.2, 0.25) is 0 Å². The molecule has 2 amide bonds. The number of rotatable bonds is 4. The second kappa shape index (κ2) is 8.12. The zero-order chi connectivity index (χ0) is 17.6. The molecular formula is C20H26N4O. The van der Waals surface area contributed by atoms with Gasteiger partial charge in [-0.1, -0.05) is 36.4 Å². The molecule has 1 atom stereocenters. The van der Waals surface area contributed by atoms with Gasteiger partial charge < -0.3 is 5.32 Å². The van der Waals surface area contributed by atoms with Crippen LogP contribution in [-0.4, -0.2) is 35.0 Å². The number of hydrogen-bond acceptors (Lipinski definition) is 3. The smallest absolute Gasteiger partial charge is 0.320 e. The number of benzene rings is 1. The minimum Gasteiger partial charge on any atom is -0.335 e. The third kappa shape index (κ3) is 4.57. The molecule has 5 nitrogen and oxygen atoms in total. The fourth-order valence-corrected chi connectivity index (χ4v) is 3.32. The molecule has 25 heavy (non-hydrogen) atoms. The van der Waals surface area contributed by atoms with E-state index in [1.807, 2.05) is 25.1 Å². The molecule has 1 aliphatic rings. The van der Waals surface area contributed by atoms with Gasteiger partial charge in [-0.25, -0.2) is 9.78 Å². The quantitative estimate of drug-likeness (QED) is 0.893. The van der Waals surface area contributed by atoms with Crippen molar-refractivity contribution in [3.05, 3.63) is 59.8 Å². The van der Waals surface area contributed by atoms with E-state index in [0.29, 0.717) is 11.9 Å². The van der Waals surface area contributed by atoms with Crippen LogP contribution in [0.15, 0.2) is 48.7 Å². The van der Waals surface area contributed by atoms with Crippen LogP contribution in [0.1, 0.15) is 36.9 Å². The van der Waals surface area contributed by atoms with Crippen LogP contribution in [0.4, 0.5) is 10.6 Å². The molecule has 2 N–H and O–H groups in total. The zero-order valence-electron chi connectivity index (χ0n) is 14.9. The van der Waals surface area contributed by atoms with Gasteiger partial charge in [-0.05, 0) is 43.9 Å². The molecule has 0 bridgehead atoms. The molecule has 5 heteroatoms. The number of anilines is 1. The van der Waals surface area contributed by atoms with Crippen molar-refractivity contribution in [2.45, 2.75) is 38.8 Å². The second-order valence-corrected chi connectivity index (χ2v) is 6.66. The van der Waals surface area contributed by atoms with Gasteiger partial charge in [-0.2, -0.15) is 0 Å². The fraction of sp³-hybridized carbons (Fsp3) is 0.400. The number of likely N-dealkylation sites (tertiary alicyclic amines) is 1. The maximum absolute atomic E-state index is 12.2. The maximum atomic E-state index is 12.2. The van der Waals surface area contributed by atoms with Crippen molar-refractivity contribution >= 4 is 11.8 Å². The number of pyridine rings is 1. The first kappa shape index (κ1) is 17.4. The van der Waals surface area contributed by atoms with Crippen LogP contribution < -0.4 is 10.6 Å². The SMILES string of the molecule is Cc1cccnc1NC(=O)NC1CCN(C(C)c2ccccc2)CC1. The molecule has 1 aliphatic heterocycles. The summed E-state index contributed by atoms with van der Waals surface area (Å²) in [6.45, 7) is 6.17. The Labute approximate surface area is 149 Å². The monoisotopic (exact) mass is 338 g/mol. The minimum absolute atomic E-state index is 0.170. The van der Waals surface area contributed by atoms with Gasteiger partial charge in [0.05, 0.1) is 0 Å². The Bertz CT molecular complexity index is 696. The van der Waals surface area contributed by atoms with Gasteiger partial charge >= 0.3 is 6.03 Å². The van der Waals surface area contributed by atoms with E-state index < -0.39 is 0 Å². The molecule has 1 aromatic carbocycles. The lowest BCUT2D eigenvalue weighted by Crippen LogP contribution is -2.46. The zero-order valence-corrected chi connectivity index (χ0v) is 14.9. The lowest BCUT2D eigenvalue weighted by molar-refractivity contribution is 0.154. The summed E-state index contributed by atoms with van der Waals surface area (Å²) < 4.78 is 0. The Kier molecular flexibility index (Phi) is 5.66. The second-order valence-electron chi connectivity index (χ2n) is 6.66. The number of aryl methyl sites for hydroxylation is 1. The Hall–Kier alpha value is -2.40. The molecule has 1 saturated heterocycles. The highest BCUT2D eigenvalue weighted by molar-refractivity contribution is 5.89. The predicted molar refractivity (Wildman–Crippen MR) is 101 cm³/mol. The number of aromatic nitrogens is 1. The van der Waals surface area contributed by atoms with Crippen LogP contribution in [0.5, 0.6) is 0 Å². The number of urea groups is 1. The van der Waals surface area contributed by atoms with Gasteiger partial charge in [-0.15, -0.1) is 0 Å². The molecule has 1 aromatic heterocycles. The first-order valence-corrected chi connectivity index (χ1v) is 8.91. The van der Waals surface area contributed by atoms with Gasteiger partial charge in [0.25, 0.3) is 0 Å². The summed E-state index contributed by atoms with van der Waals surface area (Å²) >= 11 is 0. The number of hydrogen-bond donors (Lipinski definition) is 2. The van der Waals surface area contributed by atoms with Crippen LogP contribution in [0.2, 0.25) is 0 Å². The summed E-state index contributed by atoms with van der Waals surface area (Å²) in [5, 5.41) is 5.92. The highest BCUT2D eigenvalue weighted by atomic mass is 16.2. The molecule has 0 radical (unpaired) electrons. The standard InChI is InChI=1S/C20H26N4O/c1-15-7-6-12-21-19(15)23-20(25)22-18-10-13-24(14-11-18)16(2)17-8-4-3-5-9-17/h3-9,12,16,18H,10-11,13-14H2,1-2H3,(H2,21,22,23,25). The summed E-state index contributed by atoms with van der Waals surface area (Å²) in [5.41, 5.74) is 2.31. The molecular weight excluding hydrogens is 312 g/mol. The largest absolute Gasteiger partial charge is 0.335 e. The molecule has 2 heterocycles. The topological polar surface area (TPSA) is 57.3 Å². The molecule has 0 saturated carbocycles. The Morgan fingerprint density at radius 1 is 1.16 bits per heavy atom. The summed E-state index contributed by atoms with van der Waals surface area (Å²) in [5.74, 6) is 0.620. The minimum atomic E-state index is -0.170. The van der Waals surface area contributed by atoms with E-state index in [2.05, 4.69) is 51.7 Å². The first-order valence-electron chi connectivity index (χ1n) is 8.91. The highest BCUT2D eigenvalue weighted by Crippen LogP contribution is 2.24. The fourth-order valence-electron chi connectivity index (χ4n) is 3.32. The molecule has 2 aromatic rings. The third-order valence-corrected chi connectivity index (χ3v) is 4.94. The molecule has 1 fully saturated rings.